The fourth-order valence-electron chi connectivity index (χ4n) is 9.93. The molecule has 0 spiro atoms. The highest BCUT2D eigenvalue weighted by atomic mass is 15.2. The summed E-state index contributed by atoms with van der Waals surface area (Å²) in [6.07, 6.45) is 8.83. The van der Waals surface area contributed by atoms with Gasteiger partial charge in [-0.1, -0.05) is 192 Å². The van der Waals surface area contributed by atoms with Crippen LogP contribution in [0.2, 0.25) is 0 Å². The highest BCUT2D eigenvalue weighted by Gasteiger charge is 2.40. The number of hydrogen-bond acceptors (Lipinski definition) is 2. The zero-order chi connectivity index (χ0) is 46.1. The topological polar surface area (TPSA) is 6.48 Å². The van der Waals surface area contributed by atoms with Crippen molar-refractivity contribution in [3.8, 4) is 0 Å². The molecule has 1 aliphatic carbocycles. The molecule has 0 radical (unpaired) electrons. The second-order valence-corrected chi connectivity index (χ2v) is 18.5. The van der Waals surface area contributed by atoms with Gasteiger partial charge in [0.2, 0.25) is 0 Å². The first kappa shape index (κ1) is 42.4. The van der Waals surface area contributed by atoms with E-state index in [9.17, 15) is 0 Å². The highest BCUT2D eigenvalue weighted by Crippen LogP contribution is 2.54. The number of benzene rings is 10. The van der Waals surface area contributed by atoms with E-state index in [4.69, 9.17) is 0 Å². The van der Waals surface area contributed by atoms with Crippen LogP contribution < -0.4 is 9.80 Å². The van der Waals surface area contributed by atoms with Crippen molar-refractivity contribution in [1.29, 1.82) is 0 Å². The number of anilines is 4. The zero-order valence-electron chi connectivity index (χ0n) is 39.1. The summed E-state index contributed by atoms with van der Waals surface area (Å²) in [6.45, 7) is 8.60. The van der Waals surface area contributed by atoms with Gasteiger partial charge >= 0.3 is 0 Å². The van der Waals surface area contributed by atoms with E-state index < -0.39 is 0 Å². The predicted molar refractivity (Wildman–Crippen MR) is 291 cm³/mol. The standard InChI is InChI=1S/C66H54N2/c1-45-13-21-49(22-14-45)25-27-51-29-37-59(38-30-51)67(57-33-17-47(3)18-34-57)65-61-41-53-9-5-7-11-55(53)43-63(61)66(64-44-56-12-8-6-10-54(56)42-62(64)65)68(58-35-19-48(4)20-36-58)60-39-31-52(32-40-60)28-26-50-23-15-46(2)16-24-50/h5-44,65-66H,1-4H3/b27-25+,28-26+. The fourth-order valence-corrected chi connectivity index (χ4v) is 9.93. The van der Waals surface area contributed by atoms with E-state index in [1.165, 1.54) is 77.2 Å². The van der Waals surface area contributed by atoms with E-state index in [0.29, 0.717) is 0 Å². The molecule has 0 fully saturated rings. The Morgan fingerprint density at radius 3 is 0.721 bits per heavy atom. The molecule has 0 atom stereocenters. The van der Waals surface area contributed by atoms with Crippen LogP contribution in [0.1, 0.15) is 78.8 Å². The predicted octanol–water partition coefficient (Wildman–Crippen LogP) is 17.7. The fraction of sp³-hybridized carbons (Fsp3) is 0.0909. The van der Waals surface area contributed by atoms with Crippen LogP contribution in [-0.2, 0) is 0 Å². The first-order valence-electron chi connectivity index (χ1n) is 23.8. The third kappa shape index (κ3) is 8.54. The minimum atomic E-state index is -0.156. The SMILES string of the molecule is Cc1ccc(/C=C/c2ccc(N(c3ccc(C)cc3)C3c4cc5ccccc5cc4C(N(c4ccc(C)cc4)c4ccc(/C=C/c5ccc(C)cc5)cc4)c4cc5ccccc5cc43)cc2)cc1. The first-order valence-corrected chi connectivity index (χ1v) is 23.8. The Labute approximate surface area is 401 Å². The van der Waals surface area contributed by atoms with Gasteiger partial charge in [-0.15, -0.1) is 0 Å². The second kappa shape index (κ2) is 18.2. The van der Waals surface area contributed by atoms with Gasteiger partial charge in [0.05, 0.1) is 12.1 Å². The summed E-state index contributed by atoms with van der Waals surface area (Å²) >= 11 is 0. The third-order valence-electron chi connectivity index (χ3n) is 13.7. The zero-order valence-corrected chi connectivity index (χ0v) is 39.1. The van der Waals surface area contributed by atoms with E-state index in [0.717, 1.165) is 33.9 Å². The average molecular weight is 875 g/mol. The molecule has 0 saturated heterocycles. The molecule has 0 aromatic heterocycles. The summed E-state index contributed by atoms with van der Waals surface area (Å²) in [6, 6.07) is 81.1. The Balaban J connectivity index is 1.12. The normalized spacial score (nSPS) is 14.4. The van der Waals surface area contributed by atoms with Gasteiger partial charge in [-0.05, 0) is 167 Å². The maximum Gasteiger partial charge on any atom is 0.0852 e. The van der Waals surface area contributed by atoms with Gasteiger partial charge in [0.1, 0.15) is 0 Å². The van der Waals surface area contributed by atoms with Crippen LogP contribution in [0.3, 0.4) is 0 Å². The molecular formula is C66H54N2. The van der Waals surface area contributed by atoms with Gasteiger partial charge in [-0.25, -0.2) is 0 Å². The maximum atomic E-state index is 2.58. The summed E-state index contributed by atoms with van der Waals surface area (Å²) in [5, 5.41) is 4.91. The molecule has 1 aliphatic rings. The second-order valence-electron chi connectivity index (χ2n) is 18.5. The molecule has 0 unspecified atom stereocenters. The van der Waals surface area contributed by atoms with Crippen LogP contribution in [0.5, 0.6) is 0 Å². The molecule has 0 aliphatic heterocycles. The van der Waals surface area contributed by atoms with Crippen molar-refractivity contribution in [2.45, 2.75) is 39.8 Å². The first-order chi connectivity index (χ1) is 33.3. The monoisotopic (exact) mass is 874 g/mol. The van der Waals surface area contributed by atoms with Crippen LogP contribution >= 0.6 is 0 Å². The Morgan fingerprint density at radius 1 is 0.265 bits per heavy atom. The third-order valence-corrected chi connectivity index (χ3v) is 13.7. The van der Waals surface area contributed by atoms with E-state index in [-0.39, 0.29) is 12.1 Å². The van der Waals surface area contributed by atoms with E-state index in [1.54, 1.807) is 0 Å². The summed E-state index contributed by atoms with van der Waals surface area (Å²) in [7, 11) is 0. The van der Waals surface area contributed by atoms with Gasteiger partial charge in [0, 0.05) is 22.7 Å². The Morgan fingerprint density at radius 2 is 0.471 bits per heavy atom. The summed E-state index contributed by atoms with van der Waals surface area (Å²) in [5.41, 5.74) is 19.4. The molecule has 11 rings (SSSR count). The molecule has 0 bridgehead atoms. The number of fused-ring (bicyclic) bond motifs is 4. The minimum Gasteiger partial charge on any atom is -0.330 e. The van der Waals surface area contributed by atoms with Crippen LogP contribution in [0.25, 0.3) is 45.8 Å². The lowest BCUT2D eigenvalue weighted by Crippen LogP contribution is -2.35. The van der Waals surface area contributed by atoms with Crippen molar-refractivity contribution < 1.29 is 0 Å². The van der Waals surface area contributed by atoms with Gasteiger partial charge in [-0.3, -0.25) is 0 Å². The summed E-state index contributed by atoms with van der Waals surface area (Å²) < 4.78 is 0. The smallest absolute Gasteiger partial charge is 0.0852 e. The molecule has 0 heterocycles. The van der Waals surface area contributed by atoms with Crippen LogP contribution in [0.15, 0.2) is 218 Å². The molecule has 0 saturated carbocycles. The van der Waals surface area contributed by atoms with Gasteiger partial charge in [0.15, 0.2) is 0 Å². The average Bonchev–Trinajstić information content (AvgIpc) is 3.37. The molecule has 2 nitrogen and oxygen atoms in total. The quantitative estimate of drug-likeness (QED) is 0.126. The van der Waals surface area contributed by atoms with Gasteiger partial charge in [-0.2, -0.15) is 0 Å². The van der Waals surface area contributed by atoms with Crippen molar-refractivity contribution >= 4 is 68.6 Å². The lowest BCUT2D eigenvalue weighted by Gasteiger charge is -2.45. The minimum absolute atomic E-state index is 0.156. The number of nitrogens with zero attached hydrogens (tertiary/aromatic N) is 2. The maximum absolute atomic E-state index is 2.58. The van der Waals surface area contributed by atoms with Gasteiger partial charge < -0.3 is 9.80 Å². The van der Waals surface area contributed by atoms with Crippen LogP contribution in [0.4, 0.5) is 22.7 Å². The number of rotatable bonds is 10. The van der Waals surface area contributed by atoms with Gasteiger partial charge in [0.25, 0.3) is 0 Å². The molecule has 2 heteroatoms. The highest BCUT2D eigenvalue weighted by molar-refractivity contribution is 5.90. The van der Waals surface area contributed by atoms with E-state index >= 15 is 0 Å². The molecule has 10 aromatic rings. The van der Waals surface area contributed by atoms with E-state index in [1.807, 2.05) is 0 Å². The Hall–Kier alpha value is -8.20. The Kier molecular flexibility index (Phi) is 11.4. The van der Waals surface area contributed by atoms with E-state index in [2.05, 4.69) is 280 Å². The molecule has 68 heavy (non-hydrogen) atoms. The van der Waals surface area contributed by atoms with Crippen LogP contribution in [0, 0.1) is 27.7 Å². The number of hydrogen-bond donors (Lipinski definition) is 0. The molecular weight excluding hydrogens is 821 g/mol. The van der Waals surface area contributed by atoms with Crippen molar-refractivity contribution in [2.75, 3.05) is 9.80 Å². The molecule has 328 valence electrons. The van der Waals surface area contributed by atoms with Crippen molar-refractivity contribution in [2.24, 2.45) is 0 Å². The van der Waals surface area contributed by atoms with Crippen molar-refractivity contribution in [3.05, 3.63) is 285 Å². The lowest BCUT2D eigenvalue weighted by atomic mass is 9.75. The number of aryl methyl sites for hydroxylation is 4. The van der Waals surface area contributed by atoms with Crippen molar-refractivity contribution in [3.63, 3.8) is 0 Å². The molecule has 10 aromatic carbocycles. The molecule has 0 N–H and O–H groups in total. The van der Waals surface area contributed by atoms with Crippen LogP contribution in [-0.4, -0.2) is 0 Å². The summed E-state index contributed by atoms with van der Waals surface area (Å²) in [4.78, 5) is 5.16. The molecule has 0 amide bonds. The largest absolute Gasteiger partial charge is 0.330 e. The van der Waals surface area contributed by atoms with Crippen molar-refractivity contribution in [1.82, 2.24) is 0 Å². The lowest BCUT2D eigenvalue weighted by molar-refractivity contribution is 0.702. The Bertz CT molecular complexity index is 3130. The summed E-state index contributed by atoms with van der Waals surface area (Å²) in [5.74, 6) is 0.